The van der Waals surface area contributed by atoms with Crippen LogP contribution in [0.2, 0.25) is 10.1 Å². The molecule has 8 nitrogen and oxygen atoms in total. The predicted octanol–water partition coefficient (Wildman–Crippen LogP) is 0.269. The molecule has 0 unspecified atom stereocenters. The zero-order valence-electron chi connectivity index (χ0n) is 13.4. The van der Waals surface area contributed by atoms with Gasteiger partial charge < -0.3 is 0 Å². The average molecular weight is 395 g/mol. The van der Waals surface area contributed by atoms with E-state index in [2.05, 4.69) is 0 Å². The van der Waals surface area contributed by atoms with Crippen molar-refractivity contribution in [1.29, 1.82) is 0 Å². The van der Waals surface area contributed by atoms with Crippen LogP contribution in [0, 0.1) is 0 Å². The summed E-state index contributed by atoms with van der Waals surface area (Å²) in [4.78, 5) is 44.7. The molecule has 0 saturated carbocycles. The van der Waals surface area contributed by atoms with E-state index in [9.17, 15) is 19.2 Å². The third kappa shape index (κ3) is 6.58. The number of hydrogen-bond donors (Lipinski definition) is 0. The molecule has 9 heteroatoms. The number of hydrogen-bond acceptors (Lipinski definition) is 8. The minimum atomic E-state index is -0.920. The van der Waals surface area contributed by atoms with Crippen LogP contribution in [-0.2, 0) is 38.1 Å². The van der Waals surface area contributed by atoms with Crippen molar-refractivity contribution < 1.29 is 38.1 Å². The molecule has 1 heterocycles. The molecule has 23 heavy (non-hydrogen) atoms. The standard InChI is InChI=1S/C14H20O8Se/c1-7(15)19-5-12-14(22-10(4)18)13(21-9(3)17)11(6-23-12)20-8(2)16/h11-14H,5-6H2,1-4H3/t11-,12+,13+,14+/m0/s1. The molecule has 1 aliphatic rings. The van der Waals surface area contributed by atoms with Crippen molar-refractivity contribution in [1.82, 2.24) is 0 Å². The molecule has 4 atom stereocenters. The van der Waals surface area contributed by atoms with Gasteiger partial charge in [-0.15, -0.1) is 0 Å². The Morgan fingerprint density at radius 3 is 1.83 bits per heavy atom. The summed E-state index contributed by atoms with van der Waals surface area (Å²) in [5.74, 6) is -2.10. The van der Waals surface area contributed by atoms with E-state index in [1.165, 1.54) is 27.7 Å². The molecule has 0 aliphatic carbocycles. The van der Waals surface area contributed by atoms with Crippen molar-refractivity contribution in [3.8, 4) is 0 Å². The van der Waals surface area contributed by atoms with E-state index in [-0.39, 0.29) is 26.4 Å². The van der Waals surface area contributed by atoms with Crippen LogP contribution in [0.5, 0.6) is 0 Å². The van der Waals surface area contributed by atoms with Gasteiger partial charge in [-0.2, -0.15) is 0 Å². The number of esters is 4. The molecule has 1 saturated heterocycles. The first-order chi connectivity index (χ1) is 10.7. The van der Waals surface area contributed by atoms with E-state index in [4.69, 9.17) is 18.9 Å². The number of carbonyl (C=O) groups excluding carboxylic acids is 4. The fourth-order valence-corrected chi connectivity index (χ4v) is 4.80. The Labute approximate surface area is 140 Å². The molecule has 1 fully saturated rings. The summed E-state index contributed by atoms with van der Waals surface area (Å²) in [5.41, 5.74) is 0. The second-order valence-electron chi connectivity index (χ2n) is 4.97. The van der Waals surface area contributed by atoms with Crippen LogP contribution in [0.25, 0.3) is 0 Å². The zero-order valence-corrected chi connectivity index (χ0v) is 15.1. The summed E-state index contributed by atoms with van der Waals surface area (Å²) < 4.78 is 20.7. The first-order valence-corrected chi connectivity index (χ1v) is 9.17. The Bertz CT molecular complexity index is 477. The molecule has 0 amide bonds. The molecular formula is C14H20O8Se. The zero-order chi connectivity index (χ0) is 17.6. The van der Waals surface area contributed by atoms with E-state index in [0.717, 1.165) is 0 Å². The van der Waals surface area contributed by atoms with Gasteiger partial charge in [-0.05, 0) is 0 Å². The van der Waals surface area contributed by atoms with Gasteiger partial charge in [-0.25, -0.2) is 0 Å². The van der Waals surface area contributed by atoms with Crippen LogP contribution in [0.4, 0.5) is 0 Å². The third-order valence-corrected chi connectivity index (χ3v) is 5.74. The Hall–Kier alpha value is -1.60. The van der Waals surface area contributed by atoms with Crippen LogP contribution in [0.15, 0.2) is 0 Å². The molecule has 0 aromatic heterocycles. The van der Waals surface area contributed by atoms with E-state index in [1.54, 1.807) is 0 Å². The minimum absolute atomic E-state index is 0.0534. The van der Waals surface area contributed by atoms with E-state index < -0.39 is 42.2 Å². The Morgan fingerprint density at radius 1 is 0.826 bits per heavy atom. The first kappa shape index (κ1) is 19.4. The average Bonchev–Trinajstić information content (AvgIpc) is 2.39. The number of ether oxygens (including phenoxy) is 4. The van der Waals surface area contributed by atoms with Crippen LogP contribution in [0.3, 0.4) is 0 Å². The van der Waals surface area contributed by atoms with Crippen molar-refractivity contribution in [2.45, 2.75) is 56.1 Å². The van der Waals surface area contributed by atoms with Crippen LogP contribution >= 0.6 is 0 Å². The van der Waals surface area contributed by atoms with Crippen molar-refractivity contribution in [3.05, 3.63) is 0 Å². The maximum absolute atomic E-state index is 11.4. The molecule has 1 aliphatic heterocycles. The van der Waals surface area contributed by atoms with Crippen LogP contribution < -0.4 is 0 Å². The second-order valence-corrected chi connectivity index (χ2v) is 7.64. The SMILES string of the molecule is CC(=O)OC[C@H]1[Se]C[C@H](OC(C)=O)[C@@H](OC(C)=O)[C@@H]1OC(C)=O. The molecule has 130 valence electrons. The van der Waals surface area contributed by atoms with Gasteiger partial charge in [-0.3, -0.25) is 0 Å². The van der Waals surface area contributed by atoms with Gasteiger partial charge in [-0.1, -0.05) is 0 Å². The Morgan fingerprint density at radius 2 is 1.35 bits per heavy atom. The summed E-state index contributed by atoms with van der Waals surface area (Å²) in [5, 5.41) is 0.466. The fourth-order valence-electron chi connectivity index (χ4n) is 2.16. The molecule has 0 radical (unpaired) electrons. The Kier molecular flexibility index (Phi) is 7.51. The van der Waals surface area contributed by atoms with Gasteiger partial charge in [0, 0.05) is 0 Å². The molecule has 0 N–H and O–H groups in total. The van der Waals surface area contributed by atoms with Crippen molar-refractivity contribution in [2.75, 3.05) is 6.61 Å². The first-order valence-electron chi connectivity index (χ1n) is 6.97. The van der Waals surface area contributed by atoms with Gasteiger partial charge in [0.25, 0.3) is 0 Å². The third-order valence-electron chi connectivity index (χ3n) is 2.90. The van der Waals surface area contributed by atoms with Gasteiger partial charge in [0.1, 0.15) is 0 Å². The molecular weight excluding hydrogens is 375 g/mol. The van der Waals surface area contributed by atoms with Crippen LogP contribution in [0.1, 0.15) is 27.7 Å². The maximum atomic E-state index is 11.4. The van der Waals surface area contributed by atoms with Gasteiger partial charge >= 0.3 is 140 Å². The quantitative estimate of drug-likeness (QED) is 0.371. The molecule has 0 bridgehead atoms. The van der Waals surface area contributed by atoms with E-state index >= 15 is 0 Å². The van der Waals surface area contributed by atoms with Crippen molar-refractivity contribution >= 4 is 38.8 Å². The van der Waals surface area contributed by atoms with Crippen molar-refractivity contribution in [2.24, 2.45) is 0 Å². The monoisotopic (exact) mass is 396 g/mol. The van der Waals surface area contributed by atoms with E-state index in [0.29, 0.717) is 5.32 Å². The summed E-state index contributed by atoms with van der Waals surface area (Å²) >= 11 is -0.133. The molecule has 0 aromatic carbocycles. The Balaban J connectivity index is 2.98. The summed E-state index contributed by atoms with van der Waals surface area (Å²) in [6.07, 6.45) is -2.43. The number of carbonyl (C=O) groups is 4. The number of rotatable bonds is 5. The van der Waals surface area contributed by atoms with Gasteiger partial charge in [0.2, 0.25) is 0 Å². The van der Waals surface area contributed by atoms with Crippen LogP contribution in [-0.4, -0.2) is 63.8 Å². The van der Waals surface area contributed by atoms with Gasteiger partial charge in [0.15, 0.2) is 0 Å². The van der Waals surface area contributed by atoms with Gasteiger partial charge in [0.05, 0.1) is 0 Å². The molecule has 1 rings (SSSR count). The van der Waals surface area contributed by atoms with E-state index in [1.807, 2.05) is 0 Å². The summed E-state index contributed by atoms with van der Waals surface area (Å²) in [6, 6.07) is 0. The summed E-state index contributed by atoms with van der Waals surface area (Å²) in [7, 11) is 0. The van der Waals surface area contributed by atoms with Crippen molar-refractivity contribution in [3.63, 3.8) is 0 Å². The molecule has 0 spiro atoms. The molecule has 0 aromatic rings. The topological polar surface area (TPSA) is 105 Å². The second kappa shape index (κ2) is 8.88. The summed E-state index contributed by atoms with van der Waals surface area (Å²) in [6.45, 7) is 5.04. The fraction of sp³-hybridized carbons (Fsp3) is 0.714. The normalized spacial score (nSPS) is 26.8. The predicted molar refractivity (Wildman–Crippen MR) is 77.6 cm³/mol.